The lowest BCUT2D eigenvalue weighted by Crippen LogP contribution is -2.21. The molecule has 20 heavy (non-hydrogen) atoms. The second-order valence-electron chi connectivity index (χ2n) is 4.83. The zero-order valence-electron chi connectivity index (χ0n) is 11.4. The highest BCUT2D eigenvalue weighted by molar-refractivity contribution is 6.31. The monoisotopic (exact) mass is 292 g/mol. The van der Waals surface area contributed by atoms with Crippen LogP contribution in [0.2, 0.25) is 5.02 Å². The van der Waals surface area contributed by atoms with E-state index in [2.05, 4.69) is 12.2 Å². The van der Waals surface area contributed by atoms with Gasteiger partial charge >= 0.3 is 0 Å². The van der Waals surface area contributed by atoms with Crippen molar-refractivity contribution in [3.63, 3.8) is 0 Å². The van der Waals surface area contributed by atoms with Gasteiger partial charge in [-0.25, -0.2) is 4.39 Å². The smallest absolute Gasteiger partial charge is 0.123 e. The highest BCUT2D eigenvalue weighted by atomic mass is 35.5. The maximum Gasteiger partial charge on any atom is 0.123 e. The number of nitrogens with two attached hydrogens (primary N) is 1. The highest BCUT2D eigenvalue weighted by Crippen LogP contribution is 2.20. The van der Waals surface area contributed by atoms with E-state index in [-0.39, 0.29) is 11.9 Å². The standard InChI is InChI=1S/C16H18ClFN2/c1-11(12-2-5-14(18)6-3-12)20-9-8-13-4-7-15(19)10-16(13)17/h2-7,10-11,20H,8-9,19H2,1H3. The fourth-order valence-electron chi connectivity index (χ4n) is 2.06. The van der Waals surface area contributed by atoms with Crippen LogP contribution in [0, 0.1) is 5.82 Å². The Morgan fingerprint density at radius 1 is 1.20 bits per heavy atom. The molecule has 0 radical (unpaired) electrons. The predicted molar refractivity (Wildman–Crippen MR) is 82.4 cm³/mol. The Kier molecular flexibility index (Phi) is 4.99. The molecule has 0 aliphatic heterocycles. The molecule has 0 saturated heterocycles. The van der Waals surface area contributed by atoms with E-state index in [9.17, 15) is 4.39 Å². The predicted octanol–water partition coefficient (Wildman–Crippen LogP) is 3.95. The van der Waals surface area contributed by atoms with Crippen molar-refractivity contribution < 1.29 is 4.39 Å². The Bertz CT molecular complexity index is 569. The minimum absolute atomic E-state index is 0.170. The zero-order chi connectivity index (χ0) is 14.5. The summed E-state index contributed by atoms with van der Waals surface area (Å²) in [5.41, 5.74) is 8.47. The molecule has 2 nitrogen and oxygen atoms in total. The van der Waals surface area contributed by atoms with Crippen molar-refractivity contribution in [2.75, 3.05) is 12.3 Å². The fraction of sp³-hybridized carbons (Fsp3) is 0.250. The van der Waals surface area contributed by atoms with E-state index in [1.165, 1.54) is 12.1 Å². The van der Waals surface area contributed by atoms with E-state index in [0.717, 1.165) is 24.1 Å². The largest absolute Gasteiger partial charge is 0.399 e. The molecule has 3 N–H and O–H groups in total. The van der Waals surface area contributed by atoms with Crippen LogP contribution in [0.1, 0.15) is 24.1 Å². The van der Waals surface area contributed by atoms with Gasteiger partial charge in [-0.2, -0.15) is 0 Å². The quantitative estimate of drug-likeness (QED) is 0.819. The third-order valence-corrected chi connectivity index (χ3v) is 3.64. The Morgan fingerprint density at radius 3 is 2.55 bits per heavy atom. The molecule has 0 amide bonds. The van der Waals surface area contributed by atoms with Crippen LogP contribution in [0.4, 0.5) is 10.1 Å². The fourth-order valence-corrected chi connectivity index (χ4v) is 2.34. The van der Waals surface area contributed by atoms with Crippen molar-refractivity contribution in [1.29, 1.82) is 0 Å². The van der Waals surface area contributed by atoms with Gasteiger partial charge in [0.2, 0.25) is 0 Å². The van der Waals surface area contributed by atoms with Gasteiger partial charge in [0.15, 0.2) is 0 Å². The van der Waals surface area contributed by atoms with Gasteiger partial charge in [0, 0.05) is 16.8 Å². The first-order valence-electron chi connectivity index (χ1n) is 6.59. The molecule has 0 spiro atoms. The Labute approximate surface area is 123 Å². The number of benzene rings is 2. The Morgan fingerprint density at radius 2 is 1.90 bits per heavy atom. The van der Waals surface area contributed by atoms with Crippen LogP contribution in [-0.4, -0.2) is 6.54 Å². The molecule has 0 fully saturated rings. The molecule has 0 heterocycles. The van der Waals surface area contributed by atoms with Gasteiger partial charge in [-0.15, -0.1) is 0 Å². The number of halogens is 2. The van der Waals surface area contributed by atoms with Crippen LogP contribution in [0.15, 0.2) is 42.5 Å². The Hall–Kier alpha value is -1.58. The number of hydrogen-bond donors (Lipinski definition) is 2. The molecule has 106 valence electrons. The highest BCUT2D eigenvalue weighted by Gasteiger charge is 2.06. The average molecular weight is 293 g/mol. The van der Waals surface area contributed by atoms with Gasteiger partial charge in [0.25, 0.3) is 0 Å². The maximum absolute atomic E-state index is 12.9. The third kappa shape index (κ3) is 3.95. The van der Waals surface area contributed by atoms with Crippen LogP contribution in [0.5, 0.6) is 0 Å². The summed E-state index contributed by atoms with van der Waals surface area (Å²) in [4.78, 5) is 0. The van der Waals surface area contributed by atoms with Crippen LogP contribution in [0.3, 0.4) is 0 Å². The molecular weight excluding hydrogens is 275 g/mol. The van der Waals surface area contributed by atoms with E-state index in [4.69, 9.17) is 17.3 Å². The number of nitrogens with one attached hydrogen (secondary N) is 1. The lowest BCUT2D eigenvalue weighted by Gasteiger charge is -2.14. The SMILES string of the molecule is CC(NCCc1ccc(N)cc1Cl)c1ccc(F)cc1. The first-order valence-corrected chi connectivity index (χ1v) is 6.97. The first-order chi connectivity index (χ1) is 9.56. The summed E-state index contributed by atoms with van der Waals surface area (Å²) < 4.78 is 12.9. The zero-order valence-corrected chi connectivity index (χ0v) is 12.1. The normalized spacial score (nSPS) is 12.3. The number of rotatable bonds is 5. The van der Waals surface area contributed by atoms with Gasteiger partial charge in [-0.3, -0.25) is 0 Å². The second kappa shape index (κ2) is 6.73. The van der Waals surface area contributed by atoms with E-state index < -0.39 is 0 Å². The van der Waals surface area contributed by atoms with E-state index in [1.54, 1.807) is 18.2 Å². The van der Waals surface area contributed by atoms with Gasteiger partial charge in [-0.05, 0) is 55.3 Å². The molecule has 1 atom stereocenters. The molecule has 0 bridgehead atoms. The Balaban J connectivity index is 1.87. The van der Waals surface area contributed by atoms with Crippen molar-refractivity contribution in [1.82, 2.24) is 5.32 Å². The summed E-state index contributed by atoms with van der Waals surface area (Å²) in [5.74, 6) is -0.213. The summed E-state index contributed by atoms with van der Waals surface area (Å²) in [6, 6.07) is 12.3. The molecule has 2 aromatic carbocycles. The molecule has 0 aromatic heterocycles. The lowest BCUT2D eigenvalue weighted by atomic mass is 10.1. The minimum Gasteiger partial charge on any atom is -0.399 e. The van der Waals surface area contributed by atoms with Crippen molar-refractivity contribution in [2.45, 2.75) is 19.4 Å². The van der Waals surface area contributed by atoms with E-state index >= 15 is 0 Å². The van der Waals surface area contributed by atoms with Crippen molar-refractivity contribution in [3.05, 3.63) is 64.4 Å². The molecule has 0 saturated carbocycles. The number of anilines is 1. The third-order valence-electron chi connectivity index (χ3n) is 3.29. The molecule has 0 aliphatic rings. The van der Waals surface area contributed by atoms with E-state index in [1.807, 2.05) is 12.1 Å². The van der Waals surface area contributed by atoms with Crippen LogP contribution >= 0.6 is 11.6 Å². The summed E-state index contributed by atoms with van der Waals surface area (Å²) in [6.07, 6.45) is 0.824. The van der Waals surface area contributed by atoms with Crippen molar-refractivity contribution in [3.8, 4) is 0 Å². The molecule has 4 heteroatoms. The average Bonchev–Trinajstić information content (AvgIpc) is 2.42. The molecule has 2 aromatic rings. The van der Waals surface area contributed by atoms with Crippen LogP contribution < -0.4 is 11.1 Å². The molecular formula is C16H18ClFN2. The van der Waals surface area contributed by atoms with Gasteiger partial charge in [0.1, 0.15) is 5.82 Å². The number of nitrogen functional groups attached to an aromatic ring is 1. The van der Waals surface area contributed by atoms with E-state index in [0.29, 0.717) is 10.7 Å². The topological polar surface area (TPSA) is 38.0 Å². The summed E-state index contributed by atoms with van der Waals surface area (Å²) >= 11 is 6.13. The summed E-state index contributed by atoms with van der Waals surface area (Å²) in [7, 11) is 0. The molecule has 2 rings (SSSR count). The molecule has 0 aliphatic carbocycles. The number of hydrogen-bond acceptors (Lipinski definition) is 2. The molecule has 1 unspecified atom stereocenters. The summed E-state index contributed by atoms with van der Waals surface area (Å²) in [5, 5.41) is 4.09. The van der Waals surface area contributed by atoms with Crippen molar-refractivity contribution in [2.24, 2.45) is 0 Å². The first kappa shape index (κ1) is 14.8. The minimum atomic E-state index is -0.213. The van der Waals surface area contributed by atoms with Gasteiger partial charge in [-0.1, -0.05) is 29.8 Å². The van der Waals surface area contributed by atoms with Crippen molar-refractivity contribution >= 4 is 17.3 Å². The van der Waals surface area contributed by atoms with Crippen LogP contribution in [0.25, 0.3) is 0 Å². The second-order valence-corrected chi connectivity index (χ2v) is 5.24. The van der Waals surface area contributed by atoms with Gasteiger partial charge < -0.3 is 11.1 Å². The maximum atomic E-state index is 12.9. The lowest BCUT2D eigenvalue weighted by molar-refractivity contribution is 0.573. The van der Waals surface area contributed by atoms with Gasteiger partial charge in [0.05, 0.1) is 0 Å². The van der Waals surface area contributed by atoms with Crippen LogP contribution in [-0.2, 0) is 6.42 Å². The summed E-state index contributed by atoms with van der Waals surface area (Å²) in [6.45, 7) is 2.85.